The van der Waals surface area contributed by atoms with Crippen molar-refractivity contribution in [2.24, 2.45) is 0 Å². The first kappa shape index (κ1) is 16.7. The van der Waals surface area contributed by atoms with Crippen molar-refractivity contribution in [3.63, 3.8) is 0 Å². The predicted molar refractivity (Wildman–Crippen MR) is 104 cm³/mol. The van der Waals surface area contributed by atoms with Crippen molar-refractivity contribution < 1.29 is 9.53 Å². The molecule has 0 aliphatic carbocycles. The number of ether oxygens (including phenoxy) is 1. The van der Waals surface area contributed by atoms with E-state index in [0.717, 1.165) is 17.0 Å². The molecule has 2 heterocycles. The Morgan fingerprint density at radius 3 is 2.69 bits per heavy atom. The van der Waals surface area contributed by atoms with Crippen molar-refractivity contribution in [2.45, 2.75) is 31.8 Å². The molecule has 0 unspecified atom stereocenters. The zero-order chi connectivity index (χ0) is 18.4. The van der Waals surface area contributed by atoms with Crippen molar-refractivity contribution in [2.75, 3.05) is 18.1 Å². The van der Waals surface area contributed by atoms with Crippen LogP contribution in [0.1, 0.15) is 31.9 Å². The Balaban J connectivity index is 1.81. The van der Waals surface area contributed by atoms with Crippen LogP contribution in [0.25, 0.3) is 6.08 Å². The minimum absolute atomic E-state index is 0.0512. The van der Waals surface area contributed by atoms with E-state index in [9.17, 15) is 4.79 Å². The van der Waals surface area contributed by atoms with Crippen LogP contribution >= 0.6 is 0 Å². The highest BCUT2D eigenvalue weighted by molar-refractivity contribution is 5.91. The van der Waals surface area contributed by atoms with E-state index in [0.29, 0.717) is 13.2 Å². The summed E-state index contributed by atoms with van der Waals surface area (Å²) in [5, 5.41) is 3.25. The third kappa shape index (κ3) is 2.25. The molecule has 0 saturated carbocycles. The molecule has 2 aromatic rings. The summed E-state index contributed by atoms with van der Waals surface area (Å²) >= 11 is 0. The van der Waals surface area contributed by atoms with Gasteiger partial charge in [0.25, 0.3) is 0 Å². The Kier molecular flexibility index (Phi) is 3.79. The molecule has 2 aliphatic rings. The molecule has 0 radical (unpaired) electrons. The summed E-state index contributed by atoms with van der Waals surface area (Å²) in [5.41, 5.74) is 2.55. The number of rotatable bonds is 4. The topological polar surface area (TPSA) is 41.6 Å². The molecule has 1 atom stereocenters. The van der Waals surface area contributed by atoms with Gasteiger partial charge in [0.15, 0.2) is 0 Å². The second kappa shape index (κ2) is 5.90. The number of carbonyl (C=O) groups is 1. The summed E-state index contributed by atoms with van der Waals surface area (Å²) in [6, 6.07) is 16.3. The fourth-order valence-electron chi connectivity index (χ4n) is 4.26. The monoisotopic (exact) mass is 348 g/mol. The van der Waals surface area contributed by atoms with E-state index in [1.165, 1.54) is 5.56 Å². The third-order valence-electron chi connectivity index (χ3n) is 5.60. The van der Waals surface area contributed by atoms with Crippen LogP contribution in [0.15, 0.2) is 54.6 Å². The highest BCUT2D eigenvalue weighted by Crippen LogP contribution is 2.52. The summed E-state index contributed by atoms with van der Waals surface area (Å²) in [7, 11) is 0. The molecule has 0 spiro atoms. The molecular weight excluding hydrogens is 324 g/mol. The Morgan fingerprint density at radius 2 is 1.88 bits per heavy atom. The van der Waals surface area contributed by atoms with Crippen molar-refractivity contribution in [1.29, 1.82) is 0 Å². The summed E-state index contributed by atoms with van der Waals surface area (Å²) in [5.74, 6) is 0.905. The van der Waals surface area contributed by atoms with Gasteiger partial charge >= 0.3 is 0 Å². The van der Waals surface area contributed by atoms with Crippen LogP contribution in [0.5, 0.6) is 5.75 Å². The second-order valence-electron chi connectivity index (χ2n) is 7.35. The number of anilines is 1. The molecule has 4 heteroatoms. The first-order valence-electron chi connectivity index (χ1n) is 9.09. The zero-order valence-corrected chi connectivity index (χ0v) is 15.5. The Hall–Kier alpha value is -2.75. The van der Waals surface area contributed by atoms with Crippen LogP contribution in [0, 0.1) is 0 Å². The van der Waals surface area contributed by atoms with Crippen LogP contribution in [-0.2, 0) is 10.2 Å². The maximum atomic E-state index is 12.3. The number of fused-ring (bicyclic) bond motifs is 3. The lowest BCUT2D eigenvalue weighted by atomic mass is 9.75. The number of carbonyl (C=O) groups excluding carboxylic acids is 1. The molecule has 1 N–H and O–H groups in total. The normalized spacial score (nSPS) is 23.0. The molecular formula is C22H24N2O2. The maximum absolute atomic E-state index is 12.3. The summed E-state index contributed by atoms with van der Waals surface area (Å²) in [6.07, 6.45) is 4.19. The highest BCUT2D eigenvalue weighted by atomic mass is 16.5. The van der Waals surface area contributed by atoms with Crippen molar-refractivity contribution in [3.8, 4) is 5.75 Å². The van der Waals surface area contributed by atoms with Gasteiger partial charge in [-0.25, -0.2) is 0 Å². The van der Waals surface area contributed by atoms with Gasteiger partial charge in [0, 0.05) is 16.7 Å². The van der Waals surface area contributed by atoms with E-state index in [1.54, 1.807) is 0 Å². The van der Waals surface area contributed by atoms with E-state index >= 15 is 0 Å². The van der Waals surface area contributed by atoms with Gasteiger partial charge in [0.1, 0.15) is 11.4 Å². The van der Waals surface area contributed by atoms with Crippen molar-refractivity contribution in [3.05, 3.63) is 65.7 Å². The lowest BCUT2D eigenvalue weighted by Gasteiger charge is -2.40. The van der Waals surface area contributed by atoms with Gasteiger partial charge in [-0.3, -0.25) is 4.79 Å². The molecule has 2 aliphatic heterocycles. The number of amides is 1. The molecule has 2 aromatic carbocycles. The largest absolute Gasteiger partial charge is 0.493 e. The quantitative estimate of drug-likeness (QED) is 0.915. The van der Waals surface area contributed by atoms with E-state index in [4.69, 9.17) is 4.74 Å². The van der Waals surface area contributed by atoms with Gasteiger partial charge in [0.05, 0.1) is 13.2 Å². The number of para-hydroxylation sites is 2. The Bertz CT molecular complexity index is 887. The second-order valence-corrected chi connectivity index (χ2v) is 7.35. The highest BCUT2D eigenvalue weighted by Gasteiger charge is 2.59. The van der Waals surface area contributed by atoms with Gasteiger partial charge in [-0.05, 0) is 30.7 Å². The lowest BCUT2D eigenvalue weighted by molar-refractivity contribution is -0.118. The number of nitrogens with zero attached hydrogens (tertiary/aromatic N) is 1. The molecule has 0 aromatic heterocycles. The molecule has 26 heavy (non-hydrogen) atoms. The Morgan fingerprint density at radius 1 is 1.15 bits per heavy atom. The average Bonchev–Trinajstić information content (AvgIpc) is 3.06. The molecule has 0 bridgehead atoms. The van der Waals surface area contributed by atoms with E-state index < -0.39 is 5.66 Å². The standard InChI is InChI=1S/C22H24N2O2/c1-4-26-19-12-8-5-9-16(19)13-14-22-21(2,3)17-10-6-7-11-18(17)24(22)15-20(25)23-22/h5-14H,4,15H2,1-3H3,(H,23,25)/b14-13+/t22-/m1/s1. The number of hydrogen-bond acceptors (Lipinski definition) is 3. The van der Waals surface area contributed by atoms with Crippen LogP contribution in [-0.4, -0.2) is 24.7 Å². The summed E-state index contributed by atoms with van der Waals surface area (Å²) < 4.78 is 5.74. The SMILES string of the molecule is CCOc1ccccc1/C=C/[C@@]12NC(=O)CN1c1ccccc1C2(C)C. The van der Waals surface area contributed by atoms with E-state index in [2.05, 4.69) is 54.4 Å². The van der Waals surface area contributed by atoms with E-state index in [1.807, 2.05) is 37.3 Å². The molecule has 134 valence electrons. The first-order chi connectivity index (χ1) is 12.5. The van der Waals surface area contributed by atoms with Crippen LogP contribution in [0.2, 0.25) is 0 Å². The minimum atomic E-state index is -0.576. The Labute approximate surface area is 154 Å². The van der Waals surface area contributed by atoms with Crippen LogP contribution in [0.4, 0.5) is 5.69 Å². The number of benzene rings is 2. The molecule has 1 fully saturated rings. The maximum Gasteiger partial charge on any atom is 0.241 e. The smallest absolute Gasteiger partial charge is 0.241 e. The van der Waals surface area contributed by atoms with E-state index in [-0.39, 0.29) is 11.3 Å². The molecule has 1 amide bonds. The molecule has 4 rings (SSSR count). The van der Waals surface area contributed by atoms with Gasteiger partial charge in [-0.1, -0.05) is 56.3 Å². The summed E-state index contributed by atoms with van der Waals surface area (Å²) in [4.78, 5) is 14.5. The third-order valence-corrected chi connectivity index (χ3v) is 5.60. The molecule has 4 nitrogen and oxygen atoms in total. The predicted octanol–water partition coefficient (Wildman–Crippen LogP) is 3.72. The van der Waals surface area contributed by atoms with Gasteiger partial charge < -0.3 is 15.0 Å². The van der Waals surface area contributed by atoms with Crippen molar-refractivity contribution in [1.82, 2.24) is 5.32 Å². The van der Waals surface area contributed by atoms with Gasteiger partial charge in [-0.2, -0.15) is 0 Å². The first-order valence-corrected chi connectivity index (χ1v) is 9.09. The van der Waals surface area contributed by atoms with Gasteiger partial charge in [-0.15, -0.1) is 0 Å². The molecule has 1 saturated heterocycles. The number of nitrogens with one attached hydrogen (secondary N) is 1. The van der Waals surface area contributed by atoms with Gasteiger partial charge in [0.2, 0.25) is 5.91 Å². The summed E-state index contributed by atoms with van der Waals surface area (Å²) in [6.45, 7) is 7.36. The fourth-order valence-corrected chi connectivity index (χ4v) is 4.26. The minimum Gasteiger partial charge on any atom is -0.493 e. The fraction of sp³-hybridized carbons (Fsp3) is 0.318. The average molecular weight is 348 g/mol. The van der Waals surface area contributed by atoms with Crippen molar-refractivity contribution >= 4 is 17.7 Å². The van der Waals surface area contributed by atoms with Crippen LogP contribution < -0.4 is 15.0 Å². The lowest BCUT2D eigenvalue weighted by Crippen LogP contribution is -2.58. The zero-order valence-electron chi connectivity index (χ0n) is 15.5. The van der Waals surface area contributed by atoms with Crippen LogP contribution in [0.3, 0.4) is 0 Å². The number of hydrogen-bond donors (Lipinski definition) is 1.